The zero-order chi connectivity index (χ0) is 14.5. The lowest BCUT2D eigenvalue weighted by atomic mass is 9.79. The molecule has 0 atom stereocenters. The van der Waals surface area contributed by atoms with Crippen LogP contribution in [-0.4, -0.2) is 22.1 Å². The molecule has 1 saturated carbocycles. The van der Waals surface area contributed by atoms with Crippen LogP contribution in [0, 0.1) is 11.8 Å². The van der Waals surface area contributed by atoms with E-state index >= 15 is 0 Å². The van der Waals surface area contributed by atoms with Gasteiger partial charge in [-0.25, -0.2) is 0 Å². The quantitative estimate of drug-likeness (QED) is 0.868. The van der Waals surface area contributed by atoms with Crippen molar-refractivity contribution in [2.75, 3.05) is 6.54 Å². The molecule has 1 aliphatic rings. The summed E-state index contributed by atoms with van der Waals surface area (Å²) in [7, 11) is 0. The van der Waals surface area contributed by atoms with Crippen LogP contribution in [0.15, 0.2) is 6.07 Å². The van der Waals surface area contributed by atoms with Crippen LogP contribution in [-0.2, 0) is 24.2 Å². The van der Waals surface area contributed by atoms with Gasteiger partial charge in [0.05, 0.1) is 5.69 Å². The Labute approximate surface area is 121 Å². The van der Waals surface area contributed by atoms with Gasteiger partial charge in [0.2, 0.25) is 0 Å². The third kappa shape index (κ3) is 3.48. The van der Waals surface area contributed by atoms with Gasteiger partial charge in [0, 0.05) is 24.6 Å². The molecule has 1 fully saturated rings. The van der Waals surface area contributed by atoms with Crippen molar-refractivity contribution in [3.63, 3.8) is 0 Å². The van der Waals surface area contributed by atoms with E-state index in [0.29, 0.717) is 18.1 Å². The van der Waals surface area contributed by atoms with Crippen molar-refractivity contribution >= 4 is 5.78 Å². The number of nitrogens with zero attached hydrogens (tertiary/aromatic N) is 2. The minimum atomic E-state index is 0.239. The number of rotatable bonds is 6. The summed E-state index contributed by atoms with van der Waals surface area (Å²) in [6, 6.07) is 2.09. The summed E-state index contributed by atoms with van der Waals surface area (Å²) in [6.07, 6.45) is 5.72. The molecule has 1 aromatic heterocycles. The molecule has 20 heavy (non-hydrogen) atoms. The number of nitrogens with two attached hydrogens (primary N) is 1. The van der Waals surface area contributed by atoms with Crippen LogP contribution >= 0.6 is 0 Å². The van der Waals surface area contributed by atoms with Crippen LogP contribution in [0.2, 0.25) is 0 Å². The van der Waals surface area contributed by atoms with Crippen molar-refractivity contribution in [2.45, 2.75) is 58.9 Å². The number of aromatic nitrogens is 2. The molecule has 0 unspecified atom stereocenters. The molecule has 1 aromatic rings. The van der Waals surface area contributed by atoms with Gasteiger partial charge in [-0.3, -0.25) is 9.48 Å². The van der Waals surface area contributed by atoms with Gasteiger partial charge in [0.25, 0.3) is 0 Å². The minimum Gasteiger partial charge on any atom is -0.330 e. The van der Waals surface area contributed by atoms with Gasteiger partial charge in [0.1, 0.15) is 5.78 Å². The maximum Gasteiger partial charge on any atom is 0.141 e. The molecule has 4 heteroatoms. The lowest BCUT2D eigenvalue weighted by molar-refractivity contribution is -0.123. The molecule has 0 spiro atoms. The van der Waals surface area contributed by atoms with Gasteiger partial charge in [-0.1, -0.05) is 6.92 Å². The summed E-state index contributed by atoms with van der Waals surface area (Å²) >= 11 is 0. The van der Waals surface area contributed by atoms with E-state index in [0.717, 1.165) is 56.6 Å². The van der Waals surface area contributed by atoms with Gasteiger partial charge >= 0.3 is 0 Å². The summed E-state index contributed by atoms with van der Waals surface area (Å²) < 4.78 is 1.97. The number of Topliss-reactive ketones (excluding diaryl/α,β-unsaturated/α-hetero) is 1. The Morgan fingerprint density at radius 2 is 2.05 bits per heavy atom. The second-order valence-corrected chi connectivity index (χ2v) is 5.89. The highest BCUT2D eigenvalue weighted by Crippen LogP contribution is 2.29. The zero-order valence-electron chi connectivity index (χ0n) is 12.8. The van der Waals surface area contributed by atoms with E-state index in [4.69, 9.17) is 5.73 Å². The zero-order valence-corrected chi connectivity index (χ0v) is 12.8. The topological polar surface area (TPSA) is 60.9 Å². The summed E-state index contributed by atoms with van der Waals surface area (Å²) in [5.41, 5.74) is 7.87. The van der Waals surface area contributed by atoms with E-state index in [9.17, 15) is 4.79 Å². The molecule has 1 heterocycles. The Morgan fingerprint density at radius 1 is 1.35 bits per heavy atom. The van der Waals surface area contributed by atoms with Crippen molar-refractivity contribution in [1.82, 2.24) is 9.78 Å². The fourth-order valence-electron chi connectivity index (χ4n) is 3.15. The number of hydrogen-bond acceptors (Lipinski definition) is 3. The fraction of sp³-hybridized carbons (Fsp3) is 0.750. The fourth-order valence-corrected chi connectivity index (χ4v) is 3.15. The highest BCUT2D eigenvalue weighted by atomic mass is 16.1. The molecule has 112 valence electrons. The van der Waals surface area contributed by atoms with Crippen molar-refractivity contribution in [3.05, 3.63) is 17.5 Å². The smallest absolute Gasteiger partial charge is 0.141 e. The number of hydrogen-bond donors (Lipinski definition) is 1. The predicted octanol–water partition coefficient (Wildman–Crippen LogP) is 2.34. The minimum absolute atomic E-state index is 0.239. The highest BCUT2D eigenvalue weighted by Gasteiger charge is 2.26. The van der Waals surface area contributed by atoms with Crippen LogP contribution in [0.3, 0.4) is 0 Å². The molecular formula is C16H27N3O. The first-order valence-corrected chi connectivity index (χ1v) is 7.96. The second-order valence-electron chi connectivity index (χ2n) is 5.89. The summed E-state index contributed by atoms with van der Waals surface area (Å²) in [5.74, 6) is 1.26. The van der Waals surface area contributed by atoms with Crippen molar-refractivity contribution in [3.8, 4) is 0 Å². The number of aryl methyl sites for hydroxylation is 2. The maximum absolute atomic E-state index is 12.5. The van der Waals surface area contributed by atoms with Crippen molar-refractivity contribution in [2.24, 2.45) is 17.6 Å². The predicted molar refractivity (Wildman–Crippen MR) is 80.5 cm³/mol. The van der Waals surface area contributed by atoms with E-state index in [-0.39, 0.29) is 5.92 Å². The number of ketones is 1. The van der Waals surface area contributed by atoms with E-state index in [1.807, 2.05) is 4.68 Å². The van der Waals surface area contributed by atoms with Crippen molar-refractivity contribution < 1.29 is 4.79 Å². The standard InChI is InChI=1S/C16H27N3O/c1-3-14-9-15(19(4-2)18-14)10-16(20)13-7-5-12(11-17)6-8-13/h9,12-13H,3-8,10-11,17H2,1-2H3. The lowest BCUT2D eigenvalue weighted by Crippen LogP contribution is -2.27. The first-order valence-electron chi connectivity index (χ1n) is 7.96. The largest absolute Gasteiger partial charge is 0.330 e. The molecule has 2 N–H and O–H groups in total. The average molecular weight is 277 g/mol. The van der Waals surface area contributed by atoms with Crippen LogP contribution in [0.1, 0.15) is 50.9 Å². The Balaban J connectivity index is 1.96. The third-order valence-electron chi connectivity index (χ3n) is 4.57. The van der Waals surface area contributed by atoms with Gasteiger partial charge in [-0.2, -0.15) is 5.10 Å². The van der Waals surface area contributed by atoms with Crippen LogP contribution in [0.5, 0.6) is 0 Å². The lowest BCUT2D eigenvalue weighted by Gasteiger charge is -2.26. The molecule has 2 rings (SSSR count). The van der Waals surface area contributed by atoms with Gasteiger partial charge in [0.15, 0.2) is 0 Å². The van der Waals surface area contributed by atoms with Crippen LogP contribution < -0.4 is 5.73 Å². The van der Waals surface area contributed by atoms with Gasteiger partial charge in [-0.15, -0.1) is 0 Å². The molecular weight excluding hydrogens is 250 g/mol. The van der Waals surface area contributed by atoms with E-state index < -0.39 is 0 Å². The van der Waals surface area contributed by atoms with E-state index in [2.05, 4.69) is 25.0 Å². The molecule has 0 bridgehead atoms. The maximum atomic E-state index is 12.5. The monoisotopic (exact) mass is 277 g/mol. The Hall–Kier alpha value is -1.16. The second kappa shape index (κ2) is 7.02. The van der Waals surface area contributed by atoms with Crippen LogP contribution in [0.4, 0.5) is 0 Å². The first-order chi connectivity index (χ1) is 9.67. The molecule has 1 aliphatic carbocycles. The molecule has 0 aromatic carbocycles. The van der Waals surface area contributed by atoms with Gasteiger partial charge in [-0.05, 0) is 57.6 Å². The summed E-state index contributed by atoms with van der Waals surface area (Å²) in [5, 5.41) is 4.52. The Morgan fingerprint density at radius 3 is 2.60 bits per heavy atom. The Bertz CT molecular complexity index is 445. The van der Waals surface area contributed by atoms with Crippen LogP contribution in [0.25, 0.3) is 0 Å². The van der Waals surface area contributed by atoms with Gasteiger partial charge < -0.3 is 5.73 Å². The first kappa shape index (κ1) is 15.2. The van der Waals surface area contributed by atoms with Crippen molar-refractivity contribution in [1.29, 1.82) is 0 Å². The van der Waals surface area contributed by atoms with E-state index in [1.165, 1.54) is 0 Å². The Kier molecular flexibility index (Phi) is 5.35. The molecule has 0 radical (unpaired) electrons. The average Bonchev–Trinajstić information content (AvgIpc) is 2.89. The molecule has 0 aliphatic heterocycles. The third-order valence-corrected chi connectivity index (χ3v) is 4.57. The normalized spacial score (nSPS) is 22.9. The number of carbonyl (C=O) groups excluding carboxylic acids is 1. The molecule has 0 amide bonds. The summed E-state index contributed by atoms with van der Waals surface area (Å²) in [6.45, 7) is 5.78. The molecule has 0 saturated heterocycles. The summed E-state index contributed by atoms with van der Waals surface area (Å²) in [4.78, 5) is 12.5. The SMILES string of the molecule is CCc1cc(CC(=O)C2CCC(CN)CC2)n(CC)n1. The molecule has 4 nitrogen and oxygen atoms in total. The highest BCUT2D eigenvalue weighted by molar-refractivity contribution is 5.83. The van der Waals surface area contributed by atoms with E-state index in [1.54, 1.807) is 0 Å². The number of carbonyl (C=O) groups is 1.